The zero-order valence-electron chi connectivity index (χ0n) is 7.77. The molecule has 14 heavy (non-hydrogen) atoms. The van der Waals surface area contributed by atoms with E-state index in [1.54, 1.807) is 7.05 Å². The Kier molecular flexibility index (Phi) is 3.75. The fourth-order valence-corrected chi connectivity index (χ4v) is 1.06. The largest absolute Gasteiger partial charge is 0.389 e. The van der Waals surface area contributed by atoms with Crippen molar-refractivity contribution in [3.8, 4) is 0 Å². The second-order valence-electron chi connectivity index (χ2n) is 2.92. The van der Waals surface area contributed by atoms with Crippen LogP contribution in [0.5, 0.6) is 0 Å². The molecule has 0 aliphatic carbocycles. The molecule has 4 N–H and O–H groups in total. The van der Waals surface area contributed by atoms with Gasteiger partial charge in [-0.15, -0.1) is 0 Å². The van der Waals surface area contributed by atoms with Gasteiger partial charge in [-0.3, -0.25) is 0 Å². The van der Waals surface area contributed by atoms with Crippen molar-refractivity contribution < 1.29 is 10.2 Å². The van der Waals surface area contributed by atoms with Gasteiger partial charge < -0.3 is 20.5 Å². The van der Waals surface area contributed by atoms with Crippen molar-refractivity contribution in [2.75, 3.05) is 13.6 Å². The van der Waals surface area contributed by atoms with Gasteiger partial charge in [-0.05, 0) is 7.05 Å². The highest BCUT2D eigenvalue weighted by Gasteiger charge is 2.17. The van der Waals surface area contributed by atoms with Gasteiger partial charge in [0.1, 0.15) is 6.10 Å². The highest BCUT2D eigenvalue weighted by molar-refractivity contribution is 5.08. The van der Waals surface area contributed by atoms with E-state index in [2.05, 4.69) is 15.3 Å². The van der Waals surface area contributed by atoms with Crippen LogP contribution >= 0.6 is 0 Å². The van der Waals surface area contributed by atoms with Crippen LogP contribution in [0.1, 0.15) is 11.7 Å². The molecule has 0 aliphatic rings. The van der Waals surface area contributed by atoms with Crippen molar-refractivity contribution >= 4 is 0 Å². The van der Waals surface area contributed by atoms with Crippen molar-refractivity contribution in [1.82, 2.24) is 15.3 Å². The first-order valence-electron chi connectivity index (χ1n) is 4.20. The maximum absolute atomic E-state index is 10.6. The minimum absolute atomic E-state index is 0.264. The summed E-state index contributed by atoms with van der Waals surface area (Å²) < 4.78 is 0. The quantitative estimate of drug-likeness (QED) is 0.467. The monoisotopic (exact) mass is 199 g/mol. The lowest BCUT2D eigenvalue weighted by Crippen LogP contribution is -2.30. The summed E-state index contributed by atoms with van der Waals surface area (Å²) in [6.07, 6.45) is 0.598. The first-order valence-corrected chi connectivity index (χ1v) is 4.20. The van der Waals surface area contributed by atoms with Gasteiger partial charge in [-0.1, -0.05) is 0 Å². The Labute approximate surface area is 80.6 Å². The van der Waals surface area contributed by atoms with E-state index in [1.165, 1.54) is 12.4 Å². The first kappa shape index (κ1) is 10.8. The summed E-state index contributed by atoms with van der Waals surface area (Å²) in [5, 5.41) is 21.7. The number of likely N-dealkylation sites (N-methyl/N-ethyl adjacent to an activating group) is 1. The van der Waals surface area contributed by atoms with Crippen LogP contribution in [0.4, 0.5) is 0 Å². The molecule has 0 amide bonds. The number of hydrogen-bond acceptors (Lipinski definition) is 5. The van der Waals surface area contributed by atoms with Crippen LogP contribution in [0.2, 0.25) is 0 Å². The first-order chi connectivity index (χ1) is 6.65. The Hall–Kier alpha value is -1.24. The van der Waals surface area contributed by atoms with Gasteiger partial charge in [-0.2, -0.15) is 0 Å². The third-order valence-electron chi connectivity index (χ3n) is 1.81. The summed E-state index contributed by atoms with van der Waals surface area (Å²) in [6.45, 7) is 0.264. The van der Waals surface area contributed by atoms with E-state index in [0.29, 0.717) is 5.56 Å². The number of H-pyrrole nitrogens is 1. The number of aliphatic hydroxyl groups is 2. The summed E-state index contributed by atoms with van der Waals surface area (Å²) in [4.78, 5) is 16.4. The van der Waals surface area contributed by atoms with Crippen LogP contribution in [-0.2, 0) is 0 Å². The molecule has 1 heterocycles. The number of nitrogens with zero attached hydrogens (tertiary/aromatic N) is 1. The normalized spacial score (nSPS) is 15.1. The Balaban J connectivity index is 2.73. The van der Waals surface area contributed by atoms with Crippen molar-refractivity contribution in [3.05, 3.63) is 28.4 Å². The summed E-state index contributed by atoms with van der Waals surface area (Å²) >= 11 is 0. The molecule has 6 heteroatoms. The number of hydrogen-bond donors (Lipinski definition) is 4. The fourth-order valence-electron chi connectivity index (χ4n) is 1.06. The van der Waals surface area contributed by atoms with E-state index in [-0.39, 0.29) is 6.54 Å². The molecule has 0 fully saturated rings. The Morgan fingerprint density at radius 3 is 2.86 bits per heavy atom. The van der Waals surface area contributed by atoms with E-state index in [1.807, 2.05) is 0 Å². The third-order valence-corrected chi connectivity index (χ3v) is 1.81. The molecule has 0 aliphatic heterocycles. The zero-order chi connectivity index (χ0) is 10.6. The molecule has 0 saturated carbocycles. The van der Waals surface area contributed by atoms with Gasteiger partial charge in [0.15, 0.2) is 0 Å². The molecule has 0 spiro atoms. The number of aromatic amines is 1. The molecule has 78 valence electrons. The summed E-state index contributed by atoms with van der Waals surface area (Å²) in [5.41, 5.74) is -0.101. The Morgan fingerprint density at radius 1 is 1.64 bits per heavy atom. The van der Waals surface area contributed by atoms with Crippen molar-refractivity contribution in [1.29, 1.82) is 0 Å². The summed E-state index contributed by atoms with van der Waals surface area (Å²) in [5.74, 6) is 0. The smallest absolute Gasteiger partial charge is 0.344 e. The topological polar surface area (TPSA) is 98.2 Å². The van der Waals surface area contributed by atoms with Crippen molar-refractivity contribution in [2.45, 2.75) is 12.2 Å². The predicted molar refractivity (Wildman–Crippen MR) is 49.8 cm³/mol. The minimum Gasteiger partial charge on any atom is -0.389 e. The van der Waals surface area contributed by atoms with Gasteiger partial charge in [0.2, 0.25) is 0 Å². The molecule has 0 bridgehead atoms. The van der Waals surface area contributed by atoms with Gasteiger partial charge in [0.05, 0.1) is 6.10 Å². The fraction of sp³-hybridized carbons (Fsp3) is 0.500. The predicted octanol–water partition coefficient (Wildman–Crippen LogP) is -1.62. The maximum Gasteiger partial charge on any atom is 0.344 e. The maximum atomic E-state index is 10.6. The lowest BCUT2D eigenvalue weighted by molar-refractivity contribution is 0.0198. The van der Waals surface area contributed by atoms with Crippen LogP contribution in [0.15, 0.2) is 17.2 Å². The van der Waals surface area contributed by atoms with E-state index in [9.17, 15) is 15.0 Å². The van der Waals surface area contributed by atoms with Crippen LogP contribution in [0.25, 0.3) is 0 Å². The number of rotatable bonds is 4. The number of aromatic nitrogens is 2. The second-order valence-corrected chi connectivity index (χ2v) is 2.92. The van der Waals surface area contributed by atoms with Crippen LogP contribution in [0, 0.1) is 0 Å². The molecule has 6 nitrogen and oxygen atoms in total. The number of aliphatic hydroxyl groups excluding tert-OH is 2. The Bertz CT molecular complexity index is 318. The zero-order valence-corrected chi connectivity index (χ0v) is 7.77. The lowest BCUT2D eigenvalue weighted by Gasteiger charge is -2.16. The molecule has 0 saturated heterocycles. The van der Waals surface area contributed by atoms with E-state index >= 15 is 0 Å². The van der Waals surface area contributed by atoms with Crippen LogP contribution < -0.4 is 11.0 Å². The molecule has 1 aromatic rings. The molecule has 1 rings (SSSR count). The summed E-state index contributed by atoms with van der Waals surface area (Å²) in [7, 11) is 1.67. The highest BCUT2D eigenvalue weighted by Crippen LogP contribution is 2.12. The molecular formula is C8H13N3O3. The molecule has 2 unspecified atom stereocenters. The van der Waals surface area contributed by atoms with E-state index < -0.39 is 17.9 Å². The standard InChI is InChI=1S/C8H13N3O3/c1-9-4-6(12)7(13)5-2-10-8(14)11-3-5/h2-3,6-7,9,12-13H,4H2,1H3,(H,10,11,14). The molecular weight excluding hydrogens is 186 g/mol. The molecule has 1 aromatic heterocycles. The highest BCUT2D eigenvalue weighted by atomic mass is 16.3. The Morgan fingerprint density at radius 2 is 2.36 bits per heavy atom. The van der Waals surface area contributed by atoms with Gasteiger partial charge in [-0.25, -0.2) is 9.78 Å². The van der Waals surface area contributed by atoms with Gasteiger partial charge in [0.25, 0.3) is 0 Å². The van der Waals surface area contributed by atoms with Gasteiger partial charge in [0, 0.05) is 24.5 Å². The SMILES string of the molecule is CNCC(O)C(O)c1cnc(=O)[nH]c1. The third kappa shape index (κ3) is 2.63. The summed E-state index contributed by atoms with van der Waals surface area (Å²) in [6, 6.07) is 0. The number of nitrogens with one attached hydrogen (secondary N) is 2. The van der Waals surface area contributed by atoms with E-state index in [0.717, 1.165) is 0 Å². The van der Waals surface area contributed by atoms with Crippen molar-refractivity contribution in [3.63, 3.8) is 0 Å². The van der Waals surface area contributed by atoms with Crippen LogP contribution in [-0.4, -0.2) is 39.9 Å². The van der Waals surface area contributed by atoms with Crippen LogP contribution in [0.3, 0.4) is 0 Å². The molecule has 0 radical (unpaired) electrons. The van der Waals surface area contributed by atoms with Crippen molar-refractivity contribution in [2.24, 2.45) is 0 Å². The minimum atomic E-state index is -1.05. The lowest BCUT2D eigenvalue weighted by atomic mass is 10.1. The average molecular weight is 199 g/mol. The van der Waals surface area contributed by atoms with Gasteiger partial charge >= 0.3 is 5.69 Å². The molecule has 2 atom stereocenters. The van der Waals surface area contributed by atoms with E-state index in [4.69, 9.17) is 0 Å². The molecule has 0 aromatic carbocycles. The second kappa shape index (κ2) is 4.85. The average Bonchev–Trinajstić information content (AvgIpc) is 2.18.